The van der Waals surface area contributed by atoms with E-state index in [0.717, 1.165) is 5.56 Å². The minimum atomic E-state index is -0.364. The van der Waals surface area contributed by atoms with Crippen molar-refractivity contribution in [3.8, 4) is 0 Å². The molecule has 3 amide bonds. The summed E-state index contributed by atoms with van der Waals surface area (Å²) in [6.45, 7) is 1.92. The number of carbonyl (C=O) groups excluding carboxylic acids is 3. The van der Waals surface area contributed by atoms with Crippen LogP contribution in [-0.2, 0) is 4.79 Å². The Hall–Kier alpha value is -4.85. The first-order chi connectivity index (χ1) is 17.5. The van der Waals surface area contributed by atoms with Crippen molar-refractivity contribution < 1.29 is 18.8 Å². The molecule has 1 unspecified atom stereocenters. The molecule has 4 N–H and O–H groups in total. The van der Waals surface area contributed by atoms with Crippen molar-refractivity contribution in [1.29, 1.82) is 0 Å². The fraction of sp³-hybridized carbons (Fsp3) is 0.107. The molecule has 8 heteroatoms. The van der Waals surface area contributed by atoms with Crippen molar-refractivity contribution in [1.82, 2.24) is 5.32 Å². The molecule has 36 heavy (non-hydrogen) atoms. The van der Waals surface area contributed by atoms with Crippen molar-refractivity contribution in [3.63, 3.8) is 0 Å². The van der Waals surface area contributed by atoms with Gasteiger partial charge in [-0.15, -0.1) is 0 Å². The lowest BCUT2D eigenvalue weighted by molar-refractivity contribution is -0.114. The molecule has 0 spiro atoms. The molecule has 0 aliphatic carbocycles. The molecule has 0 saturated carbocycles. The van der Waals surface area contributed by atoms with E-state index < -0.39 is 0 Å². The molecule has 0 radical (unpaired) electrons. The number of hydrogen-bond donors (Lipinski definition) is 4. The van der Waals surface area contributed by atoms with Gasteiger partial charge in [0.2, 0.25) is 5.91 Å². The Balaban J connectivity index is 1.30. The lowest BCUT2D eigenvalue weighted by Crippen LogP contribution is -2.27. The van der Waals surface area contributed by atoms with E-state index in [1.807, 2.05) is 37.3 Å². The average Bonchev–Trinajstić information content (AvgIpc) is 3.44. The topological polar surface area (TPSA) is 112 Å². The number of rotatable bonds is 9. The maximum Gasteiger partial charge on any atom is 0.291 e. The van der Waals surface area contributed by atoms with Crippen LogP contribution in [0, 0.1) is 0 Å². The highest BCUT2D eigenvalue weighted by molar-refractivity contribution is 6.02. The Bertz CT molecular complexity index is 1340. The van der Waals surface area contributed by atoms with Crippen LogP contribution >= 0.6 is 0 Å². The van der Waals surface area contributed by atoms with Gasteiger partial charge in [0.1, 0.15) is 0 Å². The summed E-state index contributed by atoms with van der Waals surface area (Å²) in [6.07, 6.45) is 1.43. The van der Waals surface area contributed by atoms with E-state index in [9.17, 15) is 14.4 Å². The summed E-state index contributed by atoms with van der Waals surface area (Å²) < 4.78 is 5.09. The highest BCUT2D eigenvalue weighted by Gasteiger charge is 2.13. The van der Waals surface area contributed by atoms with Gasteiger partial charge in [-0.1, -0.05) is 42.5 Å². The third-order valence-corrected chi connectivity index (χ3v) is 5.37. The molecule has 1 atom stereocenters. The molecule has 0 bridgehead atoms. The number of benzene rings is 3. The third kappa shape index (κ3) is 6.60. The minimum absolute atomic E-state index is 0.00293. The van der Waals surface area contributed by atoms with E-state index in [2.05, 4.69) is 21.3 Å². The third-order valence-electron chi connectivity index (χ3n) is 5.37. The van der Waals surface area contributed by atoms with Gasteiger partial charge in [-0.2, -0.15) is 0 Å². The predicted molar refractivity (Wildman–Crippen MR) is 139 cm³/mol. The fourth-order valence-electron chi connectivity index (χ4n) is 3.54. The molecule has 0 fully saturated rings. The second-order valence-electron chi connectivity index (χ2n) is 8.10. The Labute approximate surface area is 208 Å². The lowest BCUT2D eigenvalue weighted by Gasteiger charge is -2.15. The van der Waals surface area contributed by atoms with E-state index >= 15 is 0 Å². The van der Waals surface area contributed by atoms with E-state index in [4.69, 9.17) is 4.42 Å². The normalized spacial score (nSPS) is 11.2. The van der Waals surface area contributed by atoms with E-state index in [1.54, 1.807) is 60.7 Å². The summed E-state index contributed by atoms with van der Waals surface area (Å²) >= 11 is 0. The largest absolute Gasteiger partial charge is 0.459 e. The number of hydrogen-bond acceptors (Lipinski definition) is 5. The van der Waals surface area contributed by atoms with Crippen LogP contribution in [-0.4, -0.2) is 24.3 Å². The van der Waals surface area contributed by atoms with Gasteiger partial charge in [-0.05, 0) is 61.0 Å². The van der Waals surface area contributed by atoms with Gasteiger partial charge >= 0.3 is 0 Å². The van der Waals surface area contributed by atoms with Crippen molar-refractivity contribution in [2.75, 3.05) is 22.5 Å². The number of amides is 3. The van der Waals surface area contributed by atoms with Gasteiger partial charge in [0.05, 0.1) is 18.8 Å². The molecular weight excluding hydrogens is 456 g/mol. The van der Waals surface area contributed by atoms with Gasteiger partial charge in [0.15, 0.2) is 5.76 Å². The molecule has 1 heterocycles. The second-order valence-corrected chi connectivity index (χ2v) is 8.10. The Morgan fingerprint density at radius 3 is 2.22 bits per heavy atom. The van der Waals surface area contributed by atoms with Crippen LogP contribution in [0.4, 0.5) is 17.1 Å². The first kappa shape index (κ1) is 24.3. The first-order valence-electron chi connectivity index (χ1n) is 11.4. The van der Waals surface area contributed by atoms with Crippen molar-refractivity contribution in [2.24, 2.45) is 0 Å². The van der Waals surface area contributed by atoms with E-state index in [0.29, 0.717) is 22.6 Å². The SMILES string of the molecule is CC(NC(=O)c1cccc(NC(=O)CNc2cccc(NC(=O)c3ccco3)c2)c1)c1ccccc1. The summed E-state index contributed by atoms with van der Waals surface area (Å²) in [5.74, 6) is -0.667. The molecule has 3 aromatic carbocycles. The summed E-state index contributed by atoms with van der Waals surface area (Å²) in [4.78, 5) is 37.3. The van der Waals surface area contributed by atoms with Crippen molar-refractivity contribution in [2.45, 2.75) is 13.0 Å². The Kier molecular flexibility index (Phi) is 7.77. The molecule has 4 aromatic rings. The van der Waals surface area contributed by atoms with Crippen LogP contribution < -0.4 is 21.3 Å². The van der Waals surface area contributed by atoms with Crippen LogP contribution in [0.1, 0.15) is 39.4 Å². The fourth-order valence-corrected chi connectivity index (χ4v) is 3.54. The van der Waals surface area contributed by atoms with Gasteiger partial charge < -0.3 is 25.7 Å². The van der Waals surface area contributed by atoms with E-state index in [-0.39, 0.29) is 36.1 Å². The van der Waals surface area contributed by atoms with Crippen molar-refractivity contribution >= 4 is 34.8 Å². The van der Waals surface area contributed by atoms with Gasteiger partial charge in [0.25, 0.3) is 11.8 Å². The zero-order valence-electron chi connectivity index (χ0n) is 19.7. The highest BCUT2D eigenvalue weighted by Crippen LogP contribution is 2.17. The number of furan rings is 1. The highest BCUT2D eigenvalue weighted by atomic mass is 16.3. The summed E-state index contributed by atoms with van der Waals surface area (Å²) in [5.41, 5.74) is 3.19. The van der Waals surface area contributed by atoms with Crippen LogP contribution in [0.25, 0.3) is 0 Å². The molecule has 0 saturated heterocycles. The molecular formula is C28H26N4O4. The van der Waals surface area contributed by atoms with Gasteiger partial charge in [0, 0.05) is 22.6 Å². The lowest BCUT2D eigenvalue weighted by atomic mass is 10.1. The number of anilines is 3. The number of carbonyl (C=O) groups is 3. The van der Waals surface area contributed by atoms with Gasteiger partial charge in [-0.25, -0.2) is 0 Å². The van der Waals surface area contributed by atoms with Gasteiger partial charge in [-0.3, -0.25) is 14.4 Å². The second kappa shape index (κ2) is 11.5. The number of nitrogens with one attached hydrogen (secondary N) is 4. The average molecular weight is 483 g/mol. The van der Waals surface area contributed by atoms with Crippen LogP contribution in [0.2, 0.25) is 0 Å². The van der Waals surface area contributed by atoms with Crippen molar-refractivity contribution in [3.05, 3.63) is 114 Å². The molecule has 1 aromatic heterocycles. The smallest absolute Gasteiger partial charge is 0.291 e. The van der Waals surface area contributed by atoms with Crippen LogP contribution in [0.5, 0.6) is 0 Å². The zero-order chi connectivity index (χ0) is 25.3. The Morgan fingerprint density at radius 1 is 0.750 bits per heavy atom. The predicted octanol–water partition coefficient (Wildman–Crippen LogP) is 5.07. The minimum Gasteiger partial charge on any atom is -0.459 e. The summed E-state index contributed by atoms with van der Waals surface area (Å²) in [6, 6.07) is 26.5. The molecule has 0 aliphatic heterocycles. The first-order valence-corrected chi connectivity index (χ1v) is 11.4. The quantitative estimate of drug-likeness (QED) is 0.266. The molecule has 0 aliphatic rings. The maximum absolute atomic E-state index is 12.7. The molecule has 182 valence electrons. The van der Waals surface area contributed by atoms with Crippen LogP contribution in [0.3, 0.4) is 0 Å². The summed E-state index contributed by atoms with van der Waals surface area (Å²) in [7, 11) is 0. The van der Waals surface area contributed by atoms with Crippen LogP contribution in [0.15, 0.2) is 102 Å². The zero-order valence-corrected chi connectivity index (χ0v) is 19.7. The maximum atomic E-state index is 12.7. The molecule has 4 rings (SSSR count). The Morgan fingerprint density at radius 2 is 1.47 bits per heavy atom. The van der Waals surface area contributed by atoms with E-state index in [1.165, 1.54) is 6.26 Å². The monoisotopic (exact) mass is 482 g/mol. The molecule has 8 nitrogen and oxygen atoms in total. The summed E-state index contributed by atoms with van der Waals surface area (Å²) in [5, 5.41) is 11.5. The standard InChI is InChI=1S/C28H26N4O4/c1-19(20-8-3-2-4-9-20)30-27(34)21-10-5-12-23(16-21)31-26(33)18-29-22-11-6-13-24(17-22)32-28(35)25-14-7-15-36-25/h2-17,19,29H,18H2,1H3,(H,30,34)(H,31,33)(H,32,35).